The fraction of sp³-hybridized carbons (Fsp3) is 0.0213. The molecular formula is C47H35N. The molecule has 0 radical (unpaired) electrons. The molecule has 0 bridgehead atoms. The molecule has 0 fully saturated rings. The van der Waals surface area contributed by atoms with Crippen LogP contribution in [0.25, 0.3) is 59.8 Å². The maximum atomic E-state index is 4.21. The lowest BCUT2D eigenvalue weighted by Crippen LogP contribution is -2.15. The molecule has 0 aliphatic carbocycles. The zero-order chi connectivity index (χ0) is 32.5. The number of hydrogen-bond acceptors (Lipinski definition) is 1. The Morgan fingerprint density at radius 1 is 0.500 bits per heavy atom. The molecule has 0 aromatic heterocycles. The Balaban J connectivity index is 1.30. The maximum absolute atomic E-state index is 4.21. The molecular weight excluding hydrogens is 579 g/mol. The predicted molar refractivity (Wildman–Crippen MR) is 209 cm³/mol. The molecule has 0 amide bonds. The van der Waals surface area contributed by atoms with Crippen molar-refractivity contribution in [3.05, 3.63) is 200 Å². The summed E-state index contributed by atoms with van der Waals surface area (Å²) in [6.45, 7) is 6.40. The molecule has 0 unspecified atom stereocenters. The molecule has 0 saturated heterocycles. The summed E-state index contributed by atoms with van der Waals surface area (Å²) in [7, 11) is 0. The summed E-state index contributed by atoms with van der Waals surface area (Å²) in [5.74, 6) is 0. The highest BCUT2D eigenvalue weighted by Crippen LogP contribution is 2.40. The van der Waals surface area contributed by atoms with E-state index in [0.29, 0.717) is 0 Å². The third-order valence-electron chi connectivity index (χ3n) is 9.39. The van der Waals surface area contributed by atoms with Gasteiger partial charge in [0.1, 0.15) is 0 Å². The van der Waals surface area contributed by atoms with Crippen LogP contribution in [0.15, 0.2) is 194 Å². The van der Waals surface area contributed by atoms with Crippen LogP contribution in [0.5, 0.6) is 0 Å². The van der Waals surface area contributed by atoms with Crippen molar-refractivity contribution in [3.63, 3.8) is 0 Å². The van der Waals surface area contributed by atoms with Gasteiger partial charge < -0.3 is 4.90 Å². The van der Waals surface area contributed by atoms with Gasteiger partial charge in [0.2, 0.25) is 0 Å². The monoisotopic (exact) mass is 613 g/mol. The molecule has 48 heavy (non-hydrogen) atoms. The molecule has 0 N–H and O–H groups in total. The summed E-state index contributed by atoms with van der Waals surface area (Å²) in [6, 6.07) is 58.9. The first kappa shape index (κ1) is 29.2. The van der Waals surface area contributed by atoms with E-state index in [1.54, 1.807) is 0 Å². The zero-order valence-electron chi connectivity index (χ0n) is 27.0. The Kier molecular flexibility index (Phi) is 7.64. The molecule has 0 aliphatic heterocycles. The second-order valence-corrected chi connectivity index (χ2v) is 12.2. The standard InChI is InChI=1S/C47H35N/c1-3-34(40-24-12-17-35-14-4-7-19-41(35)40)27-26-33(2)48(47-32-38-16-6-9-21-44(38)45-22-10-11-23-46(45)47)39-30-28-37(29-31-39)43-25-13-18-36-15-5-8-20-42(36)43/h3-32H,1H2,2H3/b33-26+,34-27+. The van der Waals surface area contributed by atoms with E-state index in [1.807, 2.05) is 6.08 Å². The Morgan fingerprint density at radius 2 is 1.06 bits per heavy atom. The number of benzene rings is 8. The second-order valence-electron chi connectivity index (χ2n) is 12.2. The normalized spacial score (nSPS) is 12.2. The van der Waals surface area contributed by atoms with Gasteiger partial charge in [0.25, 0.3) is 0 Å². The molecule has 1 heteroatoms. The van der Waals surface area contributed by atoms with Gasteiger partial charge in [-0.3, -0.25) is 0 Å². The first-order valence-electron chi connectivity index (χ1n) is 16.5. The van der Waals surface area contributed by atoms with Gasteiger partial charge in [0, 0.05) is 16.8 Å². The molecule has 0 aliphatic rings. The number of nitrogens with zero attached hydrogens (tertiary/aromatic N) is 1. The second kappa shape index (κ2) is 12.5. The minimum Gasteiger partial charge on any atom is -0.314 e. The van der Waals surface area contributed by atoms with Gasteiger partial charge in [0.15, 0.2) is 0 Å². The van der Waals surface area contributed by atoms with Crippen molar-refractivity contribution in [2.45, 2.75) is 6.92 Å². The lowest BCUT2D eigenvalue weighted by molar-refractivity contribution is 1.17. The van der Waals surface area contributed by atoms with E-state index in [2.05, 4.69) is 194 Å². The lowest BCUT2D eigenvalue weighted by Gasteiger charge is -2.28. The van der Waals surface area contributed by atoms with Crippen LogP contribution in [0.3, 0.4) is 0 Å². The average molecular weight is 614 g/mol. The Labute approximate surface area is 282 Å². The molecule has 8 aromatic carbocycles. The van der Waals surface area contributed by atoms with Gasteiger partial charge >= 0.3 is 0 Å². The lowest BCUT2D eigenvalue weighted by atomic mass is 9.97. The largest absolute Gasteiger partial charge is 0.314 e. The molecule has 0 saturated carbocycles. The molecule has 0 spiro atoms. The van der Waals surface area contributed by atoms with Gasteiger partial charge in [-0.25, -0.2) is 0 Å². The first-order chi connectivity index (χ1) is 23.7. The van der Waals surface area contributed by atoms with Gasteiger partial charge in [-0.1, -0.05) is 164 Å². The molecule has 1 nitrogen and oxygen atoms in total. The van der Waals surface area contributed by atoms with Crippen LogP contribution in [0.2, 0.25) is 0 Å². The Morgan fingerprint density at radius 3 is 1.79 bits per heavy atom. The van der Waals surface area contributed by atoms with Crippen molar-refractivity contribution in [2.75, 3.05) is 4.90 Å². The van der Waals surface area contributed by atoms with Crippen molar-refractivity contribution < 1.29 is 0 Å². The van der Waals surface area contributed by atoms with Gasteiger partial charge in [-0.05, 0) is 91.2 Å². The van der Waals surface area contributed by atoms with E-state index in [9.17, 15) is 0 Å². The van der Waals surface area contributed by atoms with Crippen molar-refractivity contribution in [3.8, 4) is 11.1 Å². The Hall–Kier alpha value is -6.18. The van der Waals surface area contributed by atoms with Crippen LogP contribution >= 0.6 is 0 Å². The van der Waals surface area contributed by atoms with E-state index >= 15 is 0 Å². The van der Waals surface area contributed by atoms with Crippen molar-refractivity contribution in [1.82, 2.24) is 0 Å². The summed E-state index contributed by atoms with van der Waals surface area (Å²) < 4.78 is 0. The summed E-state index contributed by atoms with van der Waals surface area (Å²) in [5.41, 5.74) is 8.05. The van der Waals surface area contributed by atoms with Crippen LogP contribution < -0.4 is 4.90 Å². The van der Waals surface area contributed by atoms with E-state index in [0.717, 1.165) is 22.6 Å². The van der Waals surface area contributed by atoms with Crippen LogP contribution in [-0.2, 0) is 0 Å². The molecule has 228 valence electrons. The summed E-state index contributed by atoms with van der Waals surface area (Å²) in [6.07, 6.45) is 6.38. The van der Waals surface area contributed by atoms with Crippen LogP contribution in [0, 0.1) is 0 Å². The average Bonchev–Trinajstić information content (AvgIpc) is 3.15. The molecule has 8 aromatic rings. The van der Waals surface area contributed by atoms with Gasteiger partial charge in [-0.2, -0.15) is 0 Å². The molecule has 0 atom stereocenters. The van der Waals surface area contributed by atoms with Crippen molar-refractivity contribution in [2.24, 2.45) is 0 Å². The van der Waals surface area contributed by atoms with Crippen LogP contribution in [-0.4, -0.2) is 0 Å². The maximum Gasteiger partial charge on any atom is 0.0543 e. The van der Waals surface area contributed by atoms with Gasteiger partial charge in [0.05, 0.1) is 5.69 Å². The number of anilines is 2. The summed E-state index contributed by atoms with van der Waals surface area (Å²) in [4.78, 5) is 2.39. The third kappa shape index (κ3) is 5.26. The summed E-state index contributed by atoms with van der Waals surface area (Å²) in [5, 5.41) is 9.88. The topological polar surface area (TPSA) is 3.24 Å². The van der Waals surface area contributed by atoms with E-state index in [4.69, 9.17) is 0 Å². The van der Waals surface area contributed by atoms with Crippen LogP contribution in [0.4, 0.5) is 11.4 Å². The van der Waals surface area contributed by atoms with Crippen molar-refractivity contribution in [1.29, 1.82) is 0 Å². The van der Waals surface area contributed by atoms with Crippen molar-refractivity contribution >= 4 is 60.0 Å². The fourth-order valence-electron chi connectivity index (χ4n) is 7.05. The highest BCUT2D eigenvalue weighted by atomic mass is 15.1. The first-order valence-corrected chi connectivity index (χ1v) is 16.5. The van der Waals surface area contributed by atoms with E-state index < -0.39 is 0 Å². The number of allylic oxidation sites excluding steroid dienone is 5. The minimum atomic E-state index is 1.08. The van der Waals surface area contributed by atoms with Gasteiger partial charge in [-0.15, -0.1) is 0 Å². The Bertz CT molecular complexity index is 2520. The highest BCUT2D eigenvalue weighted by molar-refractivity contribution is 6.14. The quantitative estimate of drug-likeness (QED) is 0.128. The third-order valence-corrected chi connectivity index (χ3v) is 9.39. The smallest absolute Gasteiger partial charge is 0.0543 e. The molecule has 8 rings (SSSR count). The fourth-order valence-corrected chi connectivity index (χ4v) is 7.05. The SMILES string of the molecule is C=C/C(=C\C=C(/C)N(c1ccc(-c2cccc3ccccc23)cc1)c1cc2ccccc2c2ccccc12)c1cccc2ccccc12. The number of fused-ring (bicyclic) bond motifs is 5. The number of rotatable bonds is 7. The minimum absolute atomic E-state index is 1.08. The van der Waals surface area contributed by atoms with Crippen LogP contribution in [0.1, 0.15) is 12.5 Å². The molecule has 0 heterocycles. The summed E-state index contributed by atoms with van der Waals surface area (Å²) >= 11 is 0. The van der Waals surface area contributed by atoms with E-state index in [1.165, 1.54) is 59.8 Å². The van der Waals surface area contributed by atoms with E-state index in [-0.39, 0.29) is 0 Å². The zero-order valence-corrected chi connectivity index (χ0v) is 27.0. The highest BCUT2D eigenvalue weighted by Gasteiger charge is 2.17. The predicted octanol–water partition coefficient (Wildman–Crippen LogP) is 13.3. The number of hydrogen-bond donors (Lipinski definition) is 0.